The zero-order valence-electron chi connectivity index (χ0n) is 14.8. The van der Waals surface area contributed by atoms with Gasteiger partial charge in [0.05, 0.1) is 24.1 Å². The molecule has 0 bridgehead atoms. The normalized spacial score (nSPS) is 11.2. The summed E-state index contributed by atoms with van der Waals surface area (Å²) in [6.45, 7) is 0. The minimum absolute atomic E-state index is 0.273. The number of halogens is 1. The maximum absolute atomic E-state index is 12.1. The first kappa shape index (κ1) is 17.8. The largest absolute Gasteiger partial charge is 0.495 e. The molecule has 28 heavy (non-hydrogen) atoms. The van der Waals surface area contributed by atoms with Gasteiger partial charge in [-0.3, -0.25) is 4.79 Å². The number of carbonyl (C=O) groups excluding carboxylic acids is 1. The van der Waals surface area contributed by atoms with Gasteiger partial charge >= 0.3 is 0 Å². The molecule has 0 aliphatic heterocycles. The molecule has 1 N–H and O–H groups in total. The fraction of sp³-hybridized carbons (Fsp3) is 0.0500. The maximum atomic E-state index is 12.1. The zero-order valence-corrected chi connectivity index (χ0v) is 15.6. The summed E-state index contributed by atoms with van der Waals surface area (Å²) in [6.07, 6.45) is 4.54. The lowest BCUT2D eigenvalue weighted by Gasteiger charge is -2.04. The number of ether oxygens (including phenoxy) is 1. The molecule has 0 atom stereocenters. The summed E-state index contributed by atoms with van der Waals surface area (Å²) in [5, 5.41) is 12.2. The average molecular weight is 395 g/mol. The molecule has 2 aromatic heterocycles. The summed E-state index contributed by atoms with van der Waals surface area (Å²) in [5.74, 6) is 0.909. The molecule has 140 valence electrons. The summed E-state index contributed by atoms with van der Waals surface area (Å²) in [7, 11) is 1.56. The Hall–Kier alpha value is -3.58. The van der Waals surface area contributed by atoms with Gasteiger partial charge in [-0.2, -0.15) is 4.80 Å². The third-order valence-corrected chi connectivity index (χ3v) is 4.25. The predicted octanol–water partition coefficient (Wildman–Crippen LogP) is 4.33. The lowest BCUT2D eigenvalue weighted by Crippen LogP contribution is -2.07. The highest BCUT2D eigenvalue weighted by atomic mass is 35.5. The van der Waals surface area contributed by atoms with E-state index in [-0.39, 0.29) is 5.91 Å². The average Bonchev–Trinajstić information content (AvgIpc) is 3.35. The number of nitrogens with one attached hydrogen (secondary N) is 1. The standard InChI is InChI=1S/C20H15ClN4O3/c1-27-19-8-5-14(12-16(19)21)25-23-17-7-4-13(11-18(17)24-25)22-20(26)9-6-15-3-2-10-28-15/h2-12H,1H3,(H,22,26)/b9-6+. The van der Waals surface area contributed by atoms with Gasteiger partial charge in [-0.1, -0.05) is 11.6 Å². The maximum Gasteiger partial charge on any atom is 0.248 e. The molecule has 2 aromatic carbocycles. The Kier molecular flexibility index (Phi) is 4.82. The van der Waals surface area contributed by atoms with Crippen LogP contribution in [-0.2, 0) is 4.79 Å². The van der Waals surface area contributed by atoms with Crippen molar-refractivity contribution in [3.63, 3.8) is 0 Å². The molecule has 4 aromatic rings. The Balaban J connectivity index is 1.54. The SMILES string of the molecule is COc1ccc(-n2nc3ccc(NC(=O)/C=C/c4ccco4)cc3n2)cc1Cl. The number of anilines is 1. The van der Waals surface area contributed by atoms with E-state index < -0.39 is 0 Å². The second kappa shape index (κ2) is 7.58. The van der Waals surface area contributed by atoms with E-state index >= 15 is 0 Å². The quantitative estimate of drug-likeness (QED) is 0.509. The molecule has 8 heteroatoms. The third kappa shape index (κ3) is 3.74. The van der Waals surface area contributed by atoms with Gasteiger partial charge in [0.25, 0.3) is 0 Å². The minimum Gasteiger partial charge on any atom is -0.495 e. The Morgan fingerprint density at radius 2 is 2.04 bits per heavy atom. The highest BCUT2D eigenvalue weighted by molar-refractivity contribution is 6.32. The molecule has 0 spiro atoms. The number of amides is 1. The molecule has 2 heterocycles. The Morgan fingerprint density at radius 1 is 1.18 bits per heavy atom. The first-order valence-corrected chi connectivity index (χ1v) is 8.74. The van der Waals surface area contributed by atoms with Crippen molar-refractivity contribution in [1.29, 1.82) is 0 Å². The molecule has 1 amide bonds. The van der Waals surface area contributed by atoms with Gasteiger partial charge in [-0.25, -0.2) is 0 Å². The van der Waals surface area contributed by atoms with Crippen LogP contribution >= 0.6 is 11.6 Å². The van der Waals surface area contributed by atoms with Crippen LogP contribution < -0.4 is 10.1 Å². The number of rotatable bonds is 5. The highest BCUT2D eigenvalue weighted by Crippen LogP contribution is 2.26. The lowest BCUT2D eigenvalue weighted by molar-refractivity contribution is -0.111. The van der Waals surface area contributed by atoms with Crippen LogP contribution in [0.15, 0.2) is 65.3 Å². The summed E-state index contributed by atoms with van der Waals surface area (Å²) < 4.78 is 10.3. The van der Waals surface area contributed by atoms with Crippen LogP contribution in [0.25, 0.3) is 22.8 Å². The minimum atomic E-state index is -0.273. The molecule has 0 aliphatic carbocycles. The van der Waals surface area contributed by atoms with Gasteiger partial charge in [0.2, 0.25) is 5.91 Å². The molecular formula is C20H15ClN4O3. The van der Waals surface area contributed by atoms with Crippen molar-refractivity contribution in [2.24, 2.45) is 0 Å². The predicted molar refractivity (Wildman–Crippen MR) is 107 cm³/mol. The van der Waals surface area contributed by atoms with Gasteiger partial charge in [-0.15, -0.1) is 10.2 Å². The number of benzene rings is 2. The molecule has 0 saturated heterocycles. The van der Waals surface area contributed by atoms with Crippen LogP contribution in [0.3, 0.4) is 0 Å². The van der Waals surface area contributed by atoms with Crippen molar-refractivity contribution in [2.45, 2.75) is 0 Å². The van der Waals surface area contributed by atoms with E-state index in [4.69, 9.17) is 20.8 Å². The smallest absolute Gasteiger partial charge is 0.248 e. The molecule has 0 fully saturated rings. The van der Waals surface area contributed by atoms with Crippen LogP contribution in [0.4, 0.5) is 5.69 Å². The second-order valence-corrected chi connectivity index (χ2v) is 6.26. The number of hydrogen-bond acceptors (Lipinski definition) is 5. The zero-order chi connectivity index (χ0) is 19.5. The number of carbonyl (C=O) groups is 1. The van der Waals surface area contributed by atoms with Crippen LogP contribution in [0.1, 0.15) is 5.76 Å². The van der Waals surface area contributed by atoms with Gasteiger partial charge in [0.1, 0.15) is 22.5 Å². The molecular weight excluding hydrogens is 380 g/mol. The number of nitrogens with zero attached hydrogens (tertiary/aromatic N) is 3. The van der Waals surface area contributed by atoms with Crippen molar-refractivity contribution in [1.82, 2.24) is 15.0 Å². The monoisotopic (exact) mass is 394 g/mol. The molecule has 0 unspecified atom stereocenters. The fourth-order valence-corrected chi connectivity index (χ4v) is 2.87. The van der Waals surface area contributed by atoms with Crippen LogP contribution in [0.5, 0.6) is 5.75 Å². The summed E-state index contributed by atoms with van der Waals surface area (Å²) in [4.78, 5) is 13.5. The fourth-order valence-electron chi connectivity index (χ4n) is 2.62. The van der Waals surface area contributed by atoms with Crippen molar-refractivity contribution in [3.05, 3.63) is 71.7 Å². The third-order valence-electron chi connectivity index (χ3n) is 3.96. The van der Waals surface area contributed by atoms with Gasteiger partial charge in [0.15, 0.2) is 0 Å². The van der Waals surface area contributed by atoms with E-state index in [1.165, 1.54) is 10.9 Å². The van der Waals surface area contributed by atoms with E-state index in [2.05, 4.69) is 15.5 Å². The summed E-state index contributed by atoms with van der Waals surface area (Å²) in [5.41, 5.74) is 2.64. The van der Waals surface area contributed by atoms with Gasteiger partial charge in [0, 0.05) is 11.8 Å². The van der Waals surface area contributed by atoms with Crippen molar-refractivity contribution < 1.29 is 13.9 Å². The van der Waals surface area contributed by atoms with Gasteiger partial charge in [-0.05, 0) is 54.6 Å². The molecule has 0 saturated carbocycles. The number of furan rings is 1. The molecule has 0 aliphatic rings. The van der Waals surface area contributed by atoms with E-state index in [9.17, 15) is 4.79 Å². The molecule has 4 rings (SSSR count). The number of aromatic nitrogens is 3. The van der Waals surface area contributed by atoms with E-state index in [1.54, 1.807) is 61.9 Å². The molecule has 0 radical (unpaired) electrons. The number of hydrogen-bond donors (Lipinski definition) is 1. The highest BCUT2D eigenvalue weighted by Gasteiger charge is 2.09. The lowest BCUT2D eigenvalue weighted by atomic mass is 10.2. The van der Waals surface area contributed by atoms with Gasteiger partial charge < -0.3 is 14.5 Å². The summed E-state index contributed by atoms with van der Waals surface area (Å²) >= 11 is 6.17. The Morgan fingerprint density at radius 3 is 2.79 bits per heavy atom. The van der Waals surface area contributed by atoms with E-state index in [0.717, 1.165) is 0 Å². The van der Waals surface area contributed by atoms with Crippen molar-refractivity contribution >= 4 is 40.3 Å². The Bertz CT molecular complexity index is 1170. The van der Waals surface area contributed by atoms with Crippen molar-refractivity contribution in [3.8, 4) is 11.4 Å². The second-order valence-electron chi connectivity index (χ2n) is 5.85. The van der Waals surface area contributed by atoms with E-state index in [1.807, 2.05) is 6.07 Å². The number of fused-ring (bicyclic) bond motifs is 1. The van der Waals surface area contributed by atoms with E-state index in [0.29, 0.717) is 38.9 Å². The first-order valence-electron chi connectivity index (χ1n) is 8.36. The molecule has 7 nitrogen and oxygen atoms in total. The number of methoxy groups -OCH3 is 1. The van der Waals surface area contributed by atoms with Crippen LogP contribution in [-0.4, -0.2) is 28.0 Å². The van der Waals surface area contributed by atoms with Crippen LogP contribution in [0, 0.1) is 0 Å². The topological polar surface area (TPSA) is 82.2 Å². The Labute approximate surface area is 165 Å². The van der Waals surface area contributed by atoms with Crippen LogP contribution in [0.2, 0.25) is 5.02 Å². The van der Waals surface area contributed by atoms with Crippen molar-refractivity contribution in [2.75, 3.05) is 12.4 Å². The first-order chi connectivity index (χ1) is 13.6. The summed E-state index contributed by atoms with van der Waals surface area (Å²) in [6, 6.07) is 14.1.